The van der Waals surface area contributed by atoms with Crippen LogP contribution in [0.25, 0.3) is 0 Å². The minimum atomic E-state index is -3.99. The van der Waals surface area contributed by atoms with Crippen molar-refractivity contribution < 1.29 is 27.8 Å². The van der Waals surface area contributed by atoms with Gasteiger partial charge in [-0.15, -0.1) is 0 Å². The summed E-state index contributed by atoms with van der Waals surface area (Å²) in [6, 6.07) is 3.28. The first kappa shape index (κ1) is 14.6. The lowest BCUT2D eigenvalue weighted by Gasteiger charge is -2.14. The molecule has 1 unspecified atom stereocenters. The number of carboxylic acid groups (broad SMARTS) is 1. The summed E-state index contributed by atoms with van der Waals surface area (Å²) in [5, 5.41) is 9.03. The van der Waals surface area contributed by atoms with Crippen LogP contribution in [0, 0.1) is 0 Å². The van der Waals surface area contributed by atoms with E-state index in [0.29, 0.717) is 12.2 Å². The Labute approximate surface area is 116 Å². The molecule has 2 rings (SSSR count). The maximum Gasteiger partial charge on any atom is 0.321 e. The second-order valence-electron chi connectivity index (χ2n) is 4.29. The summed E-state index contributed by atoms with van der Waals surface area (Å²) in [6.07, 6.45) is 0.757. The molecule has 0 bridgehead atoms. The predicted molar refractivity (Wildman–Crippen MR) is 69.2 cm³/mol. The number of hydrogen-bond acceptors (Lipinski definition) is 5. The zero-order valence-electron chi connectivity index (χ0n) is 10.8. The summed E-state index contributed by atoms with van der Waals surface area (Å²) in [5.41, 5.74) is 0. The first-order valence-corrected chi connectivity index (χ1v) is 7.57. The summed E-state index contributed by atoms with van der Waals surface area (Å²) in [5.74, 6) is -0.768. The Kier molecular flexibility index (Phi) is 4.15. The maximum absolute atomic E-state index is 12.3. The number of hydrogen-bond donors (Lipinski definition) is 2. The van der Waals surface area contributed by atoms with Crippen LogP contribution in [0.5, 0.6) is 11.5 Å². The molecule has 0 fully saturated rings. The van der Waals surface area contributed by atoms with E-state index in [0.717, 1.165) is 0 Å². The Morgan fingerprint density at radius 2 is 2.20 bits per heavy atom. The Morgan fingerprint density at radius 3 is 2.85 bits per heavy atom. The summed E-state index contributed by atoms with van der Waals surface area (Å²) in [6.45, 7) is 1.72. The lowest BCUT2D eigenvalue weighted by atomic mass is 10.2. The molecule has 1 atom stereocenters. The molecule has 20 heavy (non-hydrogen) atoms. The van der Waals surface area contributed by atoms with Crippen LogP contribution in [0.15, 0.2) is 23.1 Å². The quantitative estimate of drug-likeness (QED) is 0.811. The third-order valence-electron chi connectivity index (χ3n) is 2.82. The number of ether oxygens (including phenoxy) is 2. The van der Waals surface area contributed by atoms with Gasteiger partial charge in [-0.3, -0.25) is 4.79 Å². The van der Waals surface area contributed by atoms with Crippen LogP contribution in [0.1, 0.15) is 19.8 Å². The molecule has 1 aromatic rings. The van der Waals surface area contributed by atoms with Gasteiger partial charge in [0.1, 0.15) is 10.9 Å². The van der Waals surface area contributed by atoms with E-state index < -0.39 is 22.0 Å². The molecule has 2 N–H and O–H groups in total. The fourth-order valence-corrected chi connectivity index (χ4v) is 3.27. The van der Waals surface area contributed by atoms with Crippen LogP contribution >= 0.6 is 0 Å². The van der Waals surface area contributed by atoms with Gasteiger partial charge in [-0.05, 0) is 18.6 Å². The Bertz CT molecular complexity index is 612. The van der Waals surface area contributed by atoms with Crippen molar-refractivity contribution >= 4 is 16.0 Å². The van der Waals surface area contributed by atoms with Gasteiger partial charge in [-0.25, -0.2) is 8.42 Å². The van der Waals surface area contributed by atoms with Crippen LogP contribution in [-0.2, 0) is 14.8 Å². The molecular formula is C12H15NO6S. The third kappa shape index (κ3) is 2.86. The summed E-state index contributed by atoms with van der Waals surface area (Å²) < 4.78 is 37.0. The van der Waals surface area contributed by atoms with Crippen LogP contribution in [0.3, 0.4) is 0 Å². The van der Waals surface area contributed by atoms with Gasteiger partial charge in [0.05, 0.1) is 0 Å². The highest BCUT2D eigenvalue weighted by Crippen LogP contribution is 2.37. The minimum Gasteiger partial charge on any atom is -0.480 e. The maximum atomic E-state index is 12.3. The number of rotatable bonds is 6. The van der Waals surface area contributed by atoms with Gasteiger partial charge in [0.25, 0.3) is 0 Å². The van der Waals surface area contributed by atoms with Gasteiger partial charge in [0.2, 0.25) is 16.8 Å². The molecule has 0 aromatic heterocycles. The second kappa shape index (κ2) is 5.68. The normalized spacial score (nSPS) is 15.1. The molecule has 0 spiro atoms. The fourth-order valence-electron chi connectivity index (χ4n) is 1.89. The van der Waals surface area contributed by atoms with Gasteiger partial charge in [0.15, 0.2) is 11.5 Å². The molecule has 0 saturated carbocycles. The third-order valence-corrected chi connectivity index (χ3v) is 4.32. The molecule has 1 heterocycles. The standard InChI is InChI=1S/C12H15NO6S/c1-2-4-8(12(14)15)13-20(16,17)10-6-3-5-9-11(10)19-7-18-9/h3,5-6,8,13H,2,4,7H2,1H3,(H,14,15). The van der Waals surface area contributed by atoms with E-state index in [4.69, 9.17) is 14.6 Å². The lowest BCUT2D eigenvalue weighted by molar-refractivity contribution is -0.139. The van der Waals surface area contributed by atoms with Gasteiger partial charge in [0, 0.05) is 0 Å². The van der Waals surface area contributed by atoms with E-state index in [-0.39, 0.29) is 23.9 Å². The summed E-state index contributed by atoms with van der Waals surface area (Å²) in [7, 11) is -3.99. The zero-order chi connectivity index (χ0) is 14.8. The molecule has 7 nitrogen and oxygen atoms in total. The van der Waals surface area contributed by atoms with E-state index in [9.17, 15) is 13.2 Å². The molecule has 0 saturated heterocycles. The second-order valence-corrected chi connectivity index (χ2v) is 5.97. The van der Waals surface area contributed by atoms with E-state index >= 15 is 0 Å². The van der Waals surface area contributed by atoms with Gasteiger partial charge in [-0.1, -0.05) is 19.4 Å². The number of benzene rings is 1. The molecule has 1 aliphatic heterocycles. The molecule has 110 valence electrons. The number of nitrogens with one attached hydrogen (secondary N) is 1. The molecule has 1 aliphatic rings. The first-order chi connectivity index (χ1) is 9.45. The van der Waals surface area contributed by atoms with Crippen molar-refractivity contribution in [3.8, 4) is 11.5 Å². The van der Waals surface area contributed by atoms with Crippen molar-refractivity contribution in [2.45, 2.75) is 30.7 Å². The van der Waals surface area contributed by atoms with Gasteiger partial charge < -0.3 is 14.6 Å². The van der Waals surface area contributed by atoms with Crippen LogP contribution in [-0.4, -0.2) is 32.3 Å². The lowest BCUT2D eigenvalue weighted by Crippen LogP contribution is -2.40. The van der Waals surface area contributed by atoms with Crippen LogP contribution < -0.4 is 14.2 Å². The summed E-state index contributed by atoms with van der Waals surface area (Å²) >= 11 is 0. The van der Waals surface area contributed by atoms with Crippen molar-refractivity contribution in [1.82, 2.24) is 4.72 Å². The monoisotopic (exact) mass is 301 g/mol. The van der Waals surface area contributed by atoms with Crippen molar-refractivity contribution in [3.63, 3.8) is 0 Å². The highest BCUT2D eigenvalue weighted by Gasteiger charge is 2.30. The van der Waals surface area contributed by atoms with E-state index in [1.54, 1.807) is 13.0 Å². The average Bonchev–Trinajstić information content (AvgIpc) is 2.85. The molecule has 0 aliphatic carbocycles. The predicted octanol–water partition coefficient (Wildman–Crippen LogP) is 0.947. The smallest absolute Gasteiger partial charge is 0.321 e. The van der Waals surface area contributed by atoms with Crippen molar-refractivity contribution in [1.29, 1.82) is 0 Å². The first-order valence-electron chi connectivity index (χ1n) is 6.09. The number of para-hydroxylation sites is 1. The van der Waals surface area contributed by atoms with Crippen molar-refractivity contribution in [2.75, 3.05) is 6.79 Å². The average molecular weight is 301 g/mol. The topological polar surface area (TPSA) is 102 Å². The van der Waals surface area contributed by atoms with Gasteiger partial charge in [-0.2, -0.15) is 4.72 Å². The highest BCUT2D eigenvalue weighted by atomic mass is 32.2. The van der Waals surface area contributed by atoms with Gasteiger partial charge >= 0.3 is 5.97 Å². The molecule has 0 amide bonds. The van der Waals surface area contributed by atoms with E-state index in [2.05, 4.69) is 4.72 Å². The number of sulfonamides is 1. The Morgan fingerprint density at radius 1 is 1.45 bits per heavy atom. The minimum absolute atomic E-state index is 0.0564. The van der Waals surface area contributed by atoms with Crippen LogP contribution in [0.4, 0.5) is 0 Å². The SMILES string of the molecule is CCCC(NS(=O)(=O)c1cccc2c1OCO2)C(=O)O. The summed E-state index contributed by atoms with van der Waals surface area (Å²) in [4.78, 5) is 10.9. The Hall–Kier alpha value is -1.80. The molecular weight excluding hydrogens is 286 g/mol. The number of fused-ring (bicyclic) bond motifs is 1. The van der Waals surface area contributed by atoms with E-state index in [1.165, 1.54) is 12.1 Å². The fraction of sp³-hybridized carbons (Fsp3) is 0.417. The molecule has 8 heteroatoms. The largest absolute Gasteiger partial charge is 0.480 e. The number of aliphatic carboxylic acids is 1. The zero-order valence-corrected chi connectivity index (χ0v) is 11.6. The number of carbonyl (C=O) groups is 1. The highest BCUT2D eigenvalue weighted by molar-refractivity contribution is 7.89. The van der Waals surface area contributed by atoms with Crippen molar-refractivity contribution in [3.05, 3.63) is 18.2 Å². The molecule has 1 aromatic carbocycles. The van der Waals surface area contributed by atoms with Crippen molar-refractivity contribution in [2.24, 2.45) is 0 Å². The molecule has 0 radical (unpaired) electrons. The van der Waals surface area contributed by atoms with Crippen LogP contribution in [0.2, 0.25) is 0 Å². The number of carboxylic acids is 1. The van der Waals surface area contributed by atoms with E-state index in [1.807, 2.05) is 0 Å². The Balaban J connectivity index is 2.31.